The third-order valence-electron chi connectivity index (χ3n) is 5.03. The molecular formula is C18H23N3O3S. The van der Waals surface area contributed by atoms with Gasteiger partial charge in [-0.1, -0.05) is 0 Å². The number of amides is 1. The average Bonchev–Trinajstić information content (AvgIpc) is 3.16. The fraction of sp³-hybridized carbons (Fsp3) is 0.556. The van der Waals surface area contributed by atoms with Gasteiger partial charge in [0.15, 0.2) is 0 Å². The Balaban J connectivity index is 1.44. The third kappa shape index (κ3) is 3.23. The molecule has 1 aliphatic heterocycles. The lowest BCUT2D eigenvalue weighted by Crippen LogP contribution is -2.38. The Morgan fingerprint density at radius 3 is 3.20 bits per heavy atom. The van der Waals surface area contributed by atoms with E-state index in [4.69, 9.17) is 4.74 Å². The summed E-state index contributed by atoms with van der Waals surface area (Å²) in [6.07, 6.45) is 3.45. The lowest BCUT2D eigenvalue weighted by atomic mass is 9.95. The summed E-state index contributed by atoms with van der Waals surface area (Å²) in [6.45, 7) is 4.05. The number of fused-ring (bicyclic) bond motifs is 2. The van der Waals surface area contributed by atoms with Crippen LogP contribution in [0.4, 0.5) is 0 Å². The van der Waals surface area contributed by atoms with Gasteiger partial charge in [-0.05, 0) is 31.4 Å². The smallest absolute Gasteiger partial charge is 0.261 e. The lowest BCUT2D eigenvalue weighted by Gasteiger charge is -2.23. The zero-order chi connectivity index (χ0) is 17.4. The van der Waals surface area contributed by atoms with E-state index in [1.54, 1.807) is 11.3 Å². The lowest BCUT2D eigenvalue weighted by molar-refractivity contribution is 0.0937. The van der Waals surface area contributed by atoms with Crippen LogP contribution in [0.5, 0.6) is 0 Å². The van der Waals surface area contributed by atoms with Gasteiger partial charge in [0.05, 0.1) is 30.4 Å². The Morgan fingerprint density at radius 2 is 2.40 bits per heavy atom. The summed E-state index contributed by atoms with van der Waals surface area (Å²) in [5.74, 6) is 0.955. The van der Waals surface area contributed by atoms with Gasteiger partial charge in [-0.3, -0.25) is 4.79 Å². The van der Waals surface area contributed by atoms with Crippen LogP contribution in [-0.2, 0) is 37.2 Å². The Morgan fingerprint density at radius 1 is 1.52 bits per heavy atom. The molecule has 0 bridgehead atoms. The number of imidazole rings is 1. The molecule has 1 amide bonds. The molecule has 1 aliphatic carbocycles. The number of thiophene rings is 1. The van der Waals surface area contributed by atoms with Crippen molar-refractivity contribution in [2.45, 2.75) is 51.8 Å². The van der Waals surface area contributed by atoms with Crippen LogP contribution in [0.25, 0.3) is 0 Å². The molecule has 1 atom stereocenters. The highest BCUT2D eigenvalue weighted by Gasteiger charge is 2.26. The van der Waals surface area contributed by atoms with E-state index in [0.29, 0.717) is 13.2 Å². The quantitative estimate of drug-likeness (QED) is 0.867. The second-order valence-electron chi connectivity index (χ2n) is 6.70. The van der Waals surface area contributed by atoms with Gasteiger partial charge in [0.25, 0.3) is 5.91 Å². The van der Waals surface area contributed by atoms with Crippen molar-refractivity contribution in [1.29, 1.82) is 0 Å². The number of ether oxygens (including phenoxy) is 1. The van der Waals surface area contributed by atoms with Crippen LogP contribution < -0.4 is 5.32 Å². The van der Waals surface area contributed by atoms with Crippen LogP contribution in [0.15, 0.2) is 6.07 Å². The van der Waals surface area contributed by atoms with Crippen molar-refractivity contribution >= 4 is 17.2 Å². The standard InChI is InChI=1S/C18H23N3O3S/c1-11-19-14-9-13(2-3-15(14)21(11)5-6-22)20-18(23)17-8-12-10-24-7-4-16(12)25-17/h8,13,22H,2-7,9-10H2,1H3,(H,20,23)/t13-/m1/s1. The van der Waals surface area contributed by atoms with Crippen molar-refractivity contribution < 1.29 is 14.6 Å². The maximum absolute atomic E-state index is 12.6. The number of carbonyl (C=O) groups excluding carboxylic acids is 1. The highest BCUT2D eigenvalue weighted by Crippen LogP contribution is 2.28. The number of nitrogens with zero attached hydrogens (tertiary/aromatic N) is 2. The van der Waals surface area contributed by atoms with E-state index in [1.165, 1.54) is 10.6 Å². The van der Waals surface area contributed by atoms with Gasteiger partial charge in [0.2, 0.25) is 0 Å². The molecule has 2 aromatic heterocycles. The Kier molecular flexibility index (Phi) is 4.62. The fourth-order valence-corrected chi connectivity index (χ4v) is 4.85. The molecule has 6 nitrogen and oxygen atoms in total. The van der Waals surface area contributed by atoms with Crippen molar-refractivity contribution in [3.63, 3.8) is 0 Å². The van der Waals surface area contributed by atoms with Gasteiger partial charge in [0.1, 0.15) is 5.82 Å². The van der Waals surface area contributed by atoms with E-state index in [-0.39, 0.29) is 18.6 Å². The number of rotatable bonds is 4. The first kappa shape index (κ1) is 16.8. The van der Waals surface area contributed by atoms with Gasteiger partial charge in [-0.25, -0.2) is 4.98 Å². The topological polar surface area (TPSA) is 76.4 Å². The molecule has 2 aliphatic rings. The summed E-state index contributed by atoms with van der Waals surface area (Å²) >= 11 is 1.59. The highest BCUT2D eigenvalue weighted by atomic mass is 32.1. The highest BCUT2D eigenvalue weighted by molar-refractivity contribution is 7.14. The second-order valence-corrected chi connectivity index (χ2v) is 7.84. The fourth-order valence-electron chi connectivity index (χ4n) is 3.80. The van der Waals surface area contributed by atoms with E-state index in [1.807, 2.05) is 13.0 Å². The molecule has 0 saturated carbocycles. The summed E-state index contributed by atoms with van der Waals surface area (Å²) in [5, 5.41) is 12.4. The molecule has 0 unspecified atom stereocenters. The summed E-state index contributed by atoms with van der Waals surface area (Å²) in [4.78, 5) is 19.3. The van der Waals surface area contributed by atoms with Crippen LogP contribution >= 0.6 is 11.3 Å². The van der Waals surface area contributed by atoms with Gasteiger partial charge in [0, 0.05) is 36.0 Å². The first-order chi connectivity index (χ1) is 12.2. The van der Waals surface area contributed by atoms with Crippen LogP contribution in [0.3, 0.4) is 0 Å². The van der Waals surface area contributed by atoms with Crippen LogP contribution in [0.2, 0.25) is 0 Å². The molecule has 134 valence electrons. The molecule has 2 N–H and O–H groups in total. The molecule has 4 rings (SSSR count). The first-order valence-corrected chi connectivity index (χ1v) is 9.63. The zero-order valence-corrected chi connectivity index (χ0v) is 15.2. The predicted octanol–water partition coefficient (Wildman–Crippen LogP) is 1.61. The van der Waals surface area contributed by atoms with Crippen LogP contribution in [-0.4, -0.2) is 39.8 Å². The number of aliphatic hydroxyl groups excluding tert-OH is 1. The number of hydrogen-bond acceptors (Lipinski definition) is 5. The molecule has 0 aromatic carbocycles. The summed E-state index contributed by atoms with van der Waals surface area (Å²) < 4.78 is 7.56. The van der Waals surface area contributed by atoms with Crippen LogP contribution in [0, 0.1) is 6.92 Å². The number of aryl methyl sites for hydroxylation is 1. The summed E-state index contributed by atoms with van der Waals surface area (Å²) in [7, 11) is 0. The van der Waals surface area contributed by atoms with Gasteiger partial charge in [-0.15, -0.1) is 11.3 Å². The van der Waals surface area contributed by atoms with E-state index in [2.05, 4.69) is 14.9 Å². The third-order valence-corrected chi connectivity index (χ3v) is 6.26. The van der Waals surface area contributed by atoms with Crippen molar-refractivity contribution in [3.05, 3.63) is 38.6 Å². The minimum Gasteiger partial charge on any atom is -0.395 e. The van der Waals surface area contributed by atoms with Crippen LogP contribution in [0.1, 0.15) is 43.7 Å². The predicted molar refractivity (Wildman–Crippen MR) is 95.0 cm³/mol. The van der Waals surface area contributed by atoms with Gasteiger partial charge < -0.3 is 19.7 Å². The molecule has 7 heteroatoms. The van der Waals surface area contributed by atoms with E-state index in [0.717, 1.165) is 54.2 Å². The minimum absolute atomic E-state index is 0.0133. The Labute approximate surface area is 150 Å². The molecular weight excluding hydrogens is 338 g/mol. The number of carbonyl (C=O) groups is 1. The summed E-state index contributed by atoms with van der Waals surface area (Å²) in [6, 6.07) is 2.09. The van der Waals surface area contributed by atoms with E-state index >= 15 is 0 Å². The Bertz CT molecular complexity index is 772. The van der Waals surface area contributed by atoms with Crippen molar-refractivity contribution in [2.24, 2.45) is 0 Å². The Hall–Kier alpha value is -1.70. The number of aromatic nitrogens is 2. The second kappa shape index (κ2) is 6.90. The van der Waals surface area contributed by atoms with Crippen molar-refractivity contribution in [3.8, 4) is 0 Å². The molecule has 25 heavy (non-hydrogen) atoms. The van der Waals surface area contributed by atoms with E-state index in [9.17, 15) is 9.90 Å². The maximum Gasteiger partial charge on any atom is 0.261 e. The minimum atomic E-state index is 0.0133. The maximum atomic E-state index is 12.6. The SMILES string of the molecule is Cc1nc2c(n1CCO)CC[C@@H](NC(=O)c1cc3c(s1)CCOC3)C2. The molecule has 2 aromatic rings. The normalized spacial score (nSPS) is 19.4. The number of nitrogens with one attached hydrogen (secondary N) is 1. The zero-order valence-electron chi connectivity index (χ0n) is 14.4. The van der Waals surface area contributed by atoms with Gasteiger partial charge in [-0.2, -0.15) is 0 Å². The molecule has 0 radical (unpaired) electrons. The van der Waals surface area contributed by atoms with Crippen molar-refractivity contribution in [2.75, 3.05) is 13.2 Å². The van der Waals surface area contributed by atoms with Gasteiger partial charge >= 0.3 is 0 Å². The molecule has 0 spiro atoms. The van der Waals surface area contributed by atoms with E-state index < -0.39 is 0 Å². The number of hydrogen-bond donors (Lipinski definition) is 2. The largest absolute Gasteiger partial charge is 0.395 e. The monoisotopic (exact) mass is 361 g/mol. The first-order valence-electron chi connectivity index (χ1n) is 8.81. The summed E-state index contributed by atoms with van der Waals surface area (Å²) in [5.41, 5.74) is 3.42. The molecule has 3 heterocycles. The average molecular weight is 361 g/mol. The molecule has 0 saturated heterocycles. The van der Waals surface area contributed by atoms with Crippen molar-refractivity contribution in [1.82, 2.24) is 14.9 Å². The molecule has 0 fully saturated rings. The number of aliphatic hydroxyl groups is 1.